The lowest BCUT2D eigenvalue weighted by Crippen LogP contribution is -2.43. The lowest BCUT2D eigenvalue weighted by Gasteiger charge is -2.25. The maximum atomic E-state index is 12.0. The molecule has 1 N–H and O–H groups in total. The molecule has 0 atom stereocenters. The molecule has 2 rings (SSSR count). The summed E-state index contributed by atoms with van der Waals surface area (Å²) in [6.45, 7) is 2.12. The zero-order chi connectivity index (χ0) is 11.6. The predicted octanol–water partition coefficient (Wildman–Crippen LogP) is 2.91. The van der Waals surface area contributed by atoms with E-state index in [1.807, 2.05) is 0 Å². The molecule has 0 aromatic carbocycles. The van der Waals surface area contributed by atoms with Gasteiger partial charge in [0.2, 0.25) is 0 Å². The summed E-state index contributed by atoms with van der Waals surface area (Å²) in [5.41, 5.74) is 0.641. The maximum absolute atomic E-state index is 12.0. The molecule has 16 heavy (non-hydrogen) atoms. The summed E-state index contributed by atoms with van der Waals surface area (Å²) in [4.78, 5) is 16.0. The SMILES string of the molecule is CC1(NC(=O)c2ccnc(Br)c2)CCCC1. The van der Waals surface area contributed by atoms with Gasteiger partial charge in [-0.2, -0.15) is 0 Å². The Hall–Kier alpha value is -0.900. The van der Waals surface area contributed by atoms with E-state index in [4.69, 9.17) is 0 Å². The van der Waals surface area contributed by atoms with Gasteiger partial charge in [0.1, 0.15) is 4.60 Å². The predicted molar refractivity (Wildman–Crippen MR) is 66.3 cm³/mol. The summed E-state index contributed by atoms with van der Waals surface area (Å²) in [5.74, 6) is -0.00694. The first-order valence-corrected chi connectivity index (χ1v) is 6.32. The van der Waals surface area contributed by atoms with E-state index in [1.54, 1.807) is 18.3 Å². The number of carbonyl (C=O) groups excluding carboxylic acids is 1. The van der Waals surface area contributed by atoms with Crippen molar-refractivity contribution in [3.63, 3.8) is 0 Å². The quantitative estimate of drug-likeness (QED) is 0.848. The number of carbonyl (C=O) groups is 1. The molecule has 0 aliphatic heterocycles. The molecule has 0 bridgehead atoms. The van der Waals surface area contributed by atoms with Gasteiger partial charge in [-0.15, -0.1) is 0 Å². The Kier molecular flexibility index (Phi) is 3.28. The fraction of sp³-hybridized carbons (Fsp3) is 0.500. The van der Waals surface area contributed by atoms with Crippen LogP contribution in [0.3, 0.4) is 0 Å². The third kappa shape index (κ3) is 2.61. The van der Waals surface area contributed by atoms with Crippen molar-refractivity contribution in [2.45, 2.75) is 38.1 Å². The van der Waals surface area contributed by atoms with Crippen molar-refractivity contribution in [3.8, 4) is 0 Å². The minimum Gasteiger partial charge on any atom is -0.347 e. The lowest BCUT2D eigenvalue weighted by molar-refractivity contribution is 0.0908. The van der Waals surface area contributed by atoms with E-state index in [-0.39, 0.29) is 11.4 Å². The number of aromatic nitrogens is 1. The molecular weight excluding hydrogens is 268 g/mol. The number of hydrogen-bond acceptors (Lipinski definition) is 2. The highest BCUT2D eigenvalue weighted by Crippen LogP contribution is 2.29. The molecule has 1 fully saturated rings. The largest absolute Gasteiger partial charge is 0.347 e. The highest BCUT2D eigenvalue weighted by molar-refractivity contribution is 9.10. The molecule has 0 radical (unpaired) electrons. The van der Waals surface area contributed by atoms with Crippen LogP contribution in [0, 0.1) is 0 Å². The molecule has 1 aromatic rings. The summed E-state index contributed by atoms with van der Waals surface area (Å²) in [7, 11) is 0. The van der Waals surface area contributed by atoms with Gasteiger partial charge < -0.3 is 5.32 Å². The second kappa shape index (κ2) is 4.53. The van der Waals surface area contributed by atoms with Gasteiger partial charge >= 0.3 is 0 Å². The Balaban J connectivity index is 2.08. The molecule has 86 valence electrons. The molecule has 1 aliphatic carbocycles. The summed E-state index contributed by atoms with van der Waals surface area (Å²) in [5, 5.41) is 3.11. The first-order valence-electron chi connectivity index (χ1n) is 5.53. The third-order valence-electron chi connectivity index (χ3n) is 3.11. The van der Waals surface area contributed by atoms with E-state index in [0.29, 0.717) is 10.2 Å². The second-order valence-electron chi connectivity index (χ2n) is 4.59. The van der Waals surface area contributed by atoms with Gasteiger partial charge in [-0.05, 0) is 47.8 Å². The minimum atomic E-state index is -0.0210. The standard InChI is InChI=1S/C12H15BrN2O/c1-12(5-2-3-6-12)15-11(16)9-4-7-14-10(13)8-9/h4,7-8H,2-3,5-6H2,1H3,(H,15,16). The fourth-order valence-corrected chi connectivity index (χ4v) is 2.54. The zero-order valence-corrected chi connectivity index (χ0v) is 10.9. The van der Waals surface area contributed by atoms with Crippen LogP contribution < -0.4 is 5.32 Å². The van der Waals surface area contributed by atoms with Crippen molar-refractivity contribution in [1.29, 1.82) is 0 Å². The van der Waals surface area contributed by atoms with Crippen molar-refractivity contribution >= 4 is 21.8 Å². The van der Waals surface area contributed by atoms with Crippen molar-refractivity contribution < 1.29 is 4.79 Å². The van der Waals surface area contributed by atoms with E-state index in [0.717, 1.165) is 12.8 Å². The Morgan fingerprint density at radius 3 is 2.81 bits per heavy atom. The molecule has 0 saturated heterocycles. The Morgan fingerprint density at radius 1 is 1.50 bits per heavy atom. The number of rotatable bonds is 2. The number of nitrogens with zero attached hydrogens (tertiary/aromatic N) is 1. The number of hydrogen-bond donors (Lipinski definition) is 1. The number of halogens is 1. The Bertz CT molecular complexity index is 400. The van der Waals surface area contributed by atoms with E-state index in [9.17, 15) is 4.79 Å². The van der Waals surface area contributed by atoms with Crippen LogP contribution in [0.15, 0.2) is 22.9 Å². The average Bonchev–Trinajstić information content (AvgIpc) is 2.65. The van der Waals surface area contributed by atoms with Crippen LogP contribution in [0.2, 0.25) is 0 Å². The third-order valence-corrected chi connectivity index (χ3v) is 3.54. The zero-order valence-electron chi connectivity index (χ0n) is 9.29. The molecule has 1 aliphatic rings. The summed E-state index contributed by atoms with van der Waals surface area (Å²) >= 11 is 3.27. The van der Waals surface area contributed by atoms with Gasteiger partial charge in [0.15, 0.2) is 0 Å². The van der Waals surface area contributed by atoms with Crippen molar-refractivity contribution in [2.75, 3.05) is 0 Å². The van der Waals surface area contributed by atoms with Crippen LogP contribution in [0.1, 0.15) is 43.0 Å². The van der Waals surface area contributed by atoms with E-state index < -0.39 is 0 Å². The van der Waals surface area contributed by atoms with E-state index in [2.05, 4.69) is 33.2 Å². The first-order chi connectivity index (χ1) is 7.59. The Labute approximate surface area is 104 Å². The van der Waals surface area contributed by atoms with Crippen LogP contribution in [0.25, 0.3) is 0 Å². The van der Waals surface area contributed by atoms with Gasteiger partial charge in [0.25, 0.3) is 5.91 Å². The average molecular weight is 283 g/mol. The molecule has 1 saturated carbocycles. The summed E-state index contributed by atoms with van der Waals surface area (Å²) in [6.07, 6.45) is 6.19. The minimum absolute atomic E-state index is 0.00694. The molecule has 1 heterocycles. The molecule has 3 nitrogen and oxygen atoms in total. The van der Waals surface area contributed by atoms with E-state index in [1.165, 1.54) is 12.8 Å². The second-order valence-corrected chi connectivity index (χ2v) is 5.40. The molecule has 4 heteroatoms. The van der Waals surface area contributed by atoms with Crippen LogP contribution >= 0.6 is 15.9 Å². The van der Waals surface area contributed by atoms with E-state index >= 15 is 0 Å². The monoisotopic (exact) mass is 282 g/mol. The molecule has 0 spiro atoms. The van der Waals surface area contributed by atoms with Crippen molar-refractivity contribution in [2.24, 2.45) is 0 Å². The highest BCUT2D eigenvalue weighted by Gasteiger charge is 2.30. The topological polar surface area (TPSA) is 42.0 Å². The first kappa shape index (κ1) is 11.6. The van der Waals surface area contributed by atoms with Crippen LogP contribution in [-0.4, -0.2) is 16.4 Å². The van der Waals surface area contributed by atoms with Crippen LogP contribution in [-0.2, 0) is 0 Å². The highest BCUT2D eigenvalue weighted by atomic mass is 79.9. The number of pyridine rings is 1. The Morgan fingerprint density at radius 2 is 2.19 bits per heavy atom. The van der Waals surface area contributed by atoms with Gasteiger partial charge in [0.05, 0.1) is 0 Å². The molecular formula is C12H15BrN2O. The van der Waals surface area contributed by atoms with Crippen LogP contribution in [0.4, 0.5) is 0 Å². The van der Waals surface area contributed by atoms with Gasteiger partial charge in [-0.3, -0.25) is 4.79 Å². The van der Waals surface area contributed by atoms with Gasteiger partial charge in [0, 0.05) is 17.3 Å². The molecule has 1 aromatic heterocycles. The lowest BCUT2D eigenvalue weighted by atomic mass is 10.0. The summed E-state index contributed by atoms with van der Waals surface area (Å²) < 4.78 is 0.691. The molecule has 1 amide bonds. The van der Waals surface area contributed by atoms with Crippen LogP contribution in [0.5, 0.6) is 0 Å². The number of nitrogens with one attached hydrogen (secondary N) is 1. The maximum Gasteiger partial charge on any atom is 0.251 e. The fourth-order valence-electron chi connectivity index (χ4n) is 2.17. The van der Waals surface area contributed by atoms with Gasteiger partial charge in [-0.1, -0.05) is 12.8 Å². The van der Waals surface area contributed by atoms with Crippen molar-refractivity contribution in [1.82, 2.24) is 10.3 Å². The van der Waals surface area contributed by atoms with Crippen molar-refractivity contribution in [3.05, 3.63) is 28.5 Å². The summed E-state index contributed by atoms with van der Waals surface area (Å²) in [6, 6.07) is 3.48. The normalized spacial score (nSPS) is 18.4. The number of amides is 1. The van der Waals surface area contributed by atoms with Gasteiger partial charge in [-0.25, -0.2) is 4.98 Å². The molecule has 0 unspecified atom stereocenters. The smallest absolute Gasteiger partial charge is 0.251 e.